The number of nitrogens with one attached hydrogen (secondary N) is 1. The van der Waals surface area contributed by atoms with Crippen molar-refractivity contribution in [1.82, 2.24) is 4.98 Å². The van der Waals surface area contributed by atoms with Crippen molar-refractivity contribution < 1.29 is 4.79 Å². The Hall–Kier alpha value is -1.68. The number of rotatable bonds is 2. The van der Waals surface area contributed by atoms with Gasteiger partial charge in [-0.3, -0.25) is 4.79 Å². The van der Waals surface area contributed by atoms with Crippen molar-refractivity contribution in [2.75, 3.05) is 5.32 Å². The Morgan fingerprint density at radius 3 is 3.06 bits per heavy atom. The summed E-state index contributed by atoms with van der Waals surface area (Å²) in [5.41, 5.74) is 4.33. The van der Waals surface area contributed by atoms with Gasteiger partial charge in [0.2, 0.25) is 5.91 Å². The maximum Gasteiger partial charge on any atom is 0.224 e. The van der Waals surface area contributed by atoms with E-state index in [0.29, 0.717) is 6.42 Å². The summed E-state index contributed by atoms with van der Waals surface area (Å²) in [6.45, 7) is 2.12. The second-order valence-electron chi connectivity index (χ2n) is 4.40. The standard InChI is InChI=1S/C14H14N2OS/c1-2-14-16-12(8-18-14)10-3-5-11-9(7-10)4-6-13(17)15-11/h3,5,7-8H,2,4,6H2,1H3,(H,15,17). The lowest BCUT2D eigenvalue weighted by molar-refractivity contribution is -0.116. The molecule has 0 fully saturated rings. The van der Waals surface area contributed by atoms with E-state index >= 15 is 0 Å². The Bertz CT molecular complexity index is 604. The zero-order valence-electron chi connectivity index (χ0n) is 10.2. The van der Waals surface area contributed by atoms with E-state index in [9.17, 15) is 4.79 Å². The molecule has 0 atom stereocenters. The van der Waals surface area contributed by atoms with Crippen molar-refractivity contribution in [3.8, 4) is 11.3 Å². The SMILES string of the molecule is CCc1nc(-c2ccc3c(c2)CCC(=O)N3)cs1. The Kier molecular flexibility index (Phi) is 2.88. The van der Waals surface area contributed by atoms with E-state index in [1.54, 1.807) is 11.3 Å². The van der Waals surface area contributed by atoms with Gasteiger partial charge < -0.3 is 5.32 Å². The van der Waals surface area contributed by atoms with Gasteiger partial charge in [0.1, 0.15) is 0 Å². The van der Waals surface area contributed by atoms with Crippen LogP contribution < -0.4 is 5.32 Å². The zero-order chi connectivity index (χ0) is 12.5. The molecule has 0 unspecified atom stereocenters. The fourth-order valence-electron chi connectivity index (χ4n) is 2.15. The van der Waals surface area contributed by atoms with Crippen LogP contribution in [-0.4, -0.2) is 10.9 Å². The van der Waals surface area contributed by atoms with Crippen LogP contribution in [-0.2, 0) is 17.6 Å². The highest BCUT2D eigenvalue weighted by atomic mass is 32.1. The van der Waals surface area contributed by atoms with Gasteiger partial charge in [0.15, 0.2) is 0 Å². The van der Waals surface area contributed by atoms with E-state index in [-0.39, 0.29) is 5.91 Å². The summed E-state index contributed by atoms with van der Waals surface area (Å²) >= 11 is 1.70. The van der Waals surface area contributed by atoms with E-state index in [4.69, 9.17) is 0 Å². The van der Waals surface area contributed by atoms with Crippen LogP contribution in [0.4, 0.5) is 5.69 Å². The number of aromatic nitrogens is 1. The van der Waals surface area contributed by atoms with Crippen LogP contribution in [0.3, 0.4) is 0 Å². The molecule has 2 heterocycles. The van der Waals surface area contributed by atoms with Crippen molar-refractivity contribution in [1.29, 1.82) is 0 Å². The Morgan fingerprint density at radius 2 is 2.28 bits per heavy atom. The summed E-state index contributed by atoms with van der Waals surface area (Å²) in [6.07, 6.45) is 2.37. The van der Waals surface area contributed by atoms with Crippen LogP contribution in [0, 0.1) is 0 Å². The van der Waals surface area contributed by atoms with Crippen LogP contribution in [0.1, 0.15) is 23.9 Å². The van der Waals surface area contributed by atoms with Crippen LogP contribution >= 0.6 is 11.3 Å². The molecule has 0 saturated heterocycles. The van der Waals surface area contributed by atoms with Gasteiger partial charge in [-0.1, -0.05) is 13.0 Å². The molecule has 4 heteroatoms. The third-order valence-corrected chi connectivity index (χ3v) is 4.14. The number of fused-ring (bicyclic) bond motifs is 1. The van der Waals surface area contributed by atoms with Crippen LogP contribution in [0.5, 0.6) is 0 Å². The molecule has 0 spiro atoms. The minimum atomic E-state index is 0.108. The number of carbonyl (C=O) groups is 1. The van der Waals surface area contributed by atoms with E-state index in [0.717, 1.165) is 34.8 Å². The molecule has 1 aromatic heterocycles. The average Bonchev–Trinajstić information content (AvgIpc) is 2.87. The van der Waals surface area contributed by atoms with Gasteiger partial charge in [0, 0.05) is 23.1 Å². The average molecular weight is 258 g/mol. The number of amides is 1. The fraction of sp³-hybridized carbons (Fsp3) is 0.286. The van der Waals surface area contributed by atoms with E-state index in [1.165, 1.54) is 5.56 Å². The smallest absolute Gasteiger partial charge is 0.224 e. The minimum absolute atomic E-state index is 0.108. The fourth-order valence-corrected chi connectivity index (χ4v) is 2.90. The monoisotopic (exact) mass is 258 g/mol. The Morgan fingerprint density at radius 1 is 1.39 bits per heavy atom. The molecule has 3 nitrogen and oxygen atoms in total. The molecule has 3 rings (SSSR count). The largest absolute Gasteiger partial charge is 0.326 e. The molecule has 0 aliphatic carbocycles. The highest BCUT2D eigenvalue weighted by molar-refractivity contribution is 7.09. The highest BCUT2D eigenvalue weighted by Gasteiger charge is 2.15. The van der Waals surface area contributed by atoms with E-state index in [2.05, 4.69) is 28.7 Å². The third kappa shape index (κ3) is 2.04. The third-order valence-electron chi connectivity index (χ3n) is 3.15. The summed E-state index contributed by atoms with van der Waals surface area (Å²) < 4.78 is 0. The molecule has 1 aromatic carbocycles. The topological polar surface area (TPSA) is 42.0 Å². The number of nitrogens with zero attached hydrogens (tertiary/aromatic N) is 1. The first-order valence-electron chi connectivity index (χ1n) is 6.14. The molecule has 1 amide bonds. The van der Waals surface area contributed by atoms with Gasteiger partial charge in [0.25, 0.3) is 0 Å². The Labute approximate surface area is 110 Å². The van der Waals surface area contributed by atoms with Crippen molar-refractivity contribution in [2.45, 2.75) is 26.2 Å². The molecule has 0 radical (unpaired) electrons. The van der Waals surface area contributed by atoms with Gasteiger partial charge in [-0.2, -0.15) is 0 Å². The van der Waals surface area contributed by atoms with Crippen molar-refractivity contribution in [3.05, 3.63) is 34.2 Å². The summed E-state index contributed by atoms with van der Waals surface area (Å²) in [5, 5.41) is 6.16. The zero-order valence-corrected chi connectivity index (χ0v) is 11.0. The predicted octanol–water partition coefficient (Wildman–Crippen LogP) is 3.26. The quantitative estimate of drug-likeness (QED) is 0.898. The molecule has 0 saturated carbocycles. The Balaban J connectivity index is 1.97. The van der Waals surface area contributed by atoms with E-state index < -0.39 is 0 Å². The van der Waals surface area contributed by atoms with Crippen LogP contribution in [0.2, 0.25) is 0 Å². The molecular formula is C14H14N2OS. The summed E-state index contributed by atoms with van der Waals surface area (Å²) in [4.78, 5) is 15.9. The van der Waals surface area contributed by atoms with Crippen LogP contribution in [0.25, 0.3) is 11.3 Å². The number of thiazole rings is 1. The highest BCUT2D eigenvalue weighted by Crippen LogP contribution is 2.29. The second-order valence-corrected chi connectivity index (χ2v) is 5.34. The predicted molar refractivity (Wildman–Crippen MR) is 73.9 cm³/mol. The molecule has 1 aliphatic heterocycles. The molecule has 2 aromatic rings. The lowest BCUT2D eigenvalue weighted by Crippen LogP contribution is -2.18. The van der Waals surface area contributed by atoms with Crippen molar-refractivity contribution in [2.24, 2.45) is 0 Å². The second kappa shape index (κ2) is 4.53. The first-order valence-corrected chi connectivity index (χ1v) is 7.02. The molecule has 1 aliphatic rings. The molecular weight excluding hydrogens is 244 g/mol. The van der Waals surface area contributed by atoms with Gasteiger partial charge in [0.05, 0.1) is 10.7 Å². The maximum absolute atomic E-state index is 11.3. The minimum Gasteiger partial charge on any atom is -0.326 e. The molecule has 0 bridgehead atoms. The van der Waals surface area contributed by atoms with Gasteiger partial charge >= 0.3 is 0 Å². The number of anilines is 1. The van der Waals surface area contributed by atoms with Crippen LogP contribution in [0.15, 0.2) is 23.6 Å². The van der Waals surface area contributed by atoms with Gasteiger partial charge in [-0.15, -0.1) is 11.3 Å². The summed E-state index contributed by atoms with van der Waals surface area (Å²) in [5.74, 6) is 0.108. The van der Waals surface area contributed by atoms with Gasteiger partial charge in [-0.25, -0.2) is 4.98 Å². The van der Waals surface area contributed by atoms with E-state index in [1.807, 2.05) is 12.1 Å². The number of benzene rings is 1. The van der Waals surface area contributed by atoms with Crippen molar-refractivity contribution in [3.63, 3.8) is 0 Å². The summed E-state index contributed by atoms with van der Waals surface area (Å²) in [6, 6.07) is 6.15. The number of carbonyl (C=O) groups excluding carboxylic acids is 1. The molecule has 18 heavy (non-hydrogen) atoms. The lowest BCUT2D eigenvalue weighted by atomic mass is 9.99. The van der Waals surface area contributed by atoms with Crippen molar-refractivity contribution >= 4 is 22.9 Å². The normalized spacial score (nSPS) is 14.2. The lowest BCUT2D eigenvalue weighted by Gasteiger charge is -2.17. The number of hydrogen-bond donors (Lipinski definition) is 1. The number of hydrogen-bond acceptors (Lipinski definition) is 3. The molecule has 92 valence electrons. The first kappa shape index (κ1) is 11.4. The molecule has 1 N–H and O–H groups in total. The summed E-state index contributed by atoms with van der Waals surface area (Å²) in [7, 11) is 0. The van der Waals surface area contributed by atoms with Gasteiger partial charge in [-0.05, 0) is 30.5 Å². The number of aryl methyl sites for hydroxylation is 2. The maximum atomic E-state index is 11.3. The first-order chi connectivity index (χ1) is 8.76.